The molecule has 0 unspecified atom stereocenters. The van der Waals surface area contributed by atoms with Crippen LogP contribution in [0.2, 0.25) is 0 Å². The largest absolute Gasteiger partial charge is 0.454 e. The fourth-order valence-electron chi connectivity index (χ4n) is 3.13. The molecule has 4 rings (SSSR count). The highest BCUT2D eigenvalue weighted by Gasteiger charge is 2.18. The van der Waals surface area contributed by atoms with E-state index in [2.05, 4.69) is 10.1 Å². The maximum atomic E-state index is 12.7. The second-order valence-electron chi connectivity index (χ2n) is 6.58. The first-order chi connectivity index (χ1) is 14.0. The summed E-state index contributed by atoms with van der Waals surface area (Å²) in [4.78, 5) is 42.5. The average Bonchev–Trinajstić information content (AvgIpc) is 3.09. The van der Waals surface area contributed by atoms with Crippen LogP contribution < -0.4 is 11.1 Å². The van der Waals surface area contributed by atoms with Gasteiger partial charge in [0.1, 0.15) is 6.61 Å². The van der Waals surface area contributed by atoms with Crippen molar-refractivity contribution in [1.82, 2.24) is 19.2 Å². The number of benzene rings is 1. The number of thiazole rings is 1. The topological polar surface area (TPSA) is 95.6 Å². The zero-order valence-electron chi connectivity index (χ0n) is 15.9. The maximum Gasteiger partial charge on any atom is 0.359 e. The number of hydrogen-bond donors (Lipinski definition) is 0. The van der Waals surface area contributed by atoms with Crippen molar-refractivity contribution in [2.75, 3.05) is 0 Å². The normalized spacial score (nSPS) is 11.2. The number of aryl methyl sites for hydroxylation is 2. The van der Waals surface area contributed by atoms with E-state index < -0.39 is 5.97 Å². The van der Waals surface area contributed by atoms with Gasteiger partial charge < -0.3 is 4.74 Å². The summed E-state index contributed by atoms with van der Waals surface area (Å²) in [6.45, 7) is 3.99. The molecule has 0 radical (unpaired) electrons. The minimum absolute atomic E-state index is 0.0680. The standard InChI is InChI=1S/C20H18N4O4S/c1-3-8-23-18(26)15-7-5-4-6-14(15)17(22-23)19(27)28-10-13-9-16(25)24-12(2)11-29-20(24)21-13/h4-7,9,11H,3,8,10H2,1-2H3. The number of hydrogen-bond acceptors (Lipinski definition) is 7. The van der Waals surface area contributed by atoms with Crippen LogP contribution in [0.25, 0.3) is 15.7 Å². The molecule has 0 aliphatic rings. The van der Waals surface area contributed by atoms with Crippen LogP contribution in [-0.4, -0.2) is 25.1 Å². The minimum Gasteiger partial charge on any atom is -0.454 e. The van der Waals surface area contributed by atoms with Crippen molar-refractivity contribution in [2.45, 2.75) is 33.4 Å². The summed E-state index contributed by atoms with van der Waals surface area (Å²) in [7, 11) is 0. The smallest absolute Gasteiger partial charge is 0.359 e. The lowest BCUT2D eigenvalue weighted by Crippen LogP contribution is -2.26. The molecule has 0 spiro atoms. The van der Waals surface area contributed by atoms with Gasteiger partial charge >= 0.3 is 5.97 Å². The molecule has 1 aromatic carbocycles. The van der Waals surface area contributed by atoms with E-state index in [9.17, 15) is 14.4 Å². The fourth-order valence-corrected chi connectivity index (χ4v) is 4.02. The summed E-state index contributed by atoms with van der Waals surface area (Å²) >= 11 is 1.34. The first-order valence-corrected chi connectivity index (χ1v) is 10.0. The van der Waals surface area contributed by atoms with Crippen LogP contribution in [0.4, 0.5) is 0 Å². The Morgan fingerprint density at radius 2 is 1.97 bits per heavy atom. The van der Waals surface area contributed by atoms with Gasteiger partial charge in [-0.25, -0.2) is 14.5 Å². The second-order valence-corrected chi connectivity index (χ2v) is 7.42. The zero-order chi connectivity index (χ0) is 20.5. The molecule has 0 saturated heterocycles. The highest BCUT2D eigenvalue weighted by Crippen LogP contribution is 2.16. The molecular weight excluding hydrogens is 392 g/mol. The second kappa shape index (κ2) is 7.59. The molecule has 0 fully saturated rings. The van der Waals surface area contributed by atoms with Crippen molar-refractivity contribution in [3.63, 3.8) is 0 Å². The van der Waals surface area contributed by atoms with Crippen molar-refractivity contribution < 1.29 is 9.53 Å². The Bertz CT molecular complexity index is 1350. The molecule has 3 heterocycles. The summed E-state index contributed by atoms with van der Waals surface area (Å²) < 4.78 is 8.17. The van der Waals surface area contributed by atoms with Crippen molar-refractivity contribution in [3.8, 4) is 0 Å². The van der Waals surface area contributed by atoms with Gasteiger partial charge in [-0.05, 0) is 19.4 Å². The van der Waals surface area contributed by atoms with Gasteiger partial charge in [-0.15, -0.1) is 11.3 Å². The summed E-state index contributed by atoms with van der Waals surface area (Å²) in [5, 5.41) is 6.91. The van der Waals surface area contributed by atoms with Gasteiger partial charge in [0.25, 0.3) is 11.1 Å². The van der Waals surface area contributed by atoms with E-state index in [-0.39, 0.29) is 23.4 Å². The van der Waals surface area contributed by atoms with Crippen molar-refractivity contribution >= 4 is 33.0 Å². The molecule has 148 valence electrons. The van der Waals surface area contributed by atoms with E-state index in [0.717, 1.165) is 5.69 Å². The highest BCUT2D eigenvalue weighted by molar-refractivity contribution is 7.15. The lowest BCUT2D eigenvalue weighted by molar-refractivity contribution is 0.0460. The van der Waals surface area contributed by atoms with Gasteiger partial charge in [0.15, 0.2) is 10.7 Å². The van der Waals surface area contributed by atoms with Gasteiger partial charge in [-0.2, -0.15) is 5.10 Å². The van der Waals surface area contributed by atoms with Crippen LogP contribution >= 0.6 is 11.3 Å². The summed E-state index contributed by atoms with van der Waals surface area (Å²) in [5.41, 5.74) is 0.766. The van der Waals surface area contributed by atoms with E-state index in [4.69, 9.17) is 4.74 Å². The molecule has 29 heavy (non-hydrogen) atoms. The van der Waals surface area contributed by atoms with Crippen LogP contribution in [0.3, 0.4) is 0 Å². The third-order valence-electron chi connectivity index (χ3n) is 4.48. The molecule has 0 saturated carbocycles. The monoisotopic (exact) mass is 410 g/mol. The molecule has 3 aromatic heterocycles. The lowest BCUT2D eigenvalue weighted by Gasteiger charge is -2.10. The highest BCUT2D eigenvalue weighted by atomic mass is 32.1. The summed E-state index contributed by atoms with van der Waals surface area (Å²) in [6.07, 6.45) is 0.702. The van der Waals surface area contributed by atoms with Crippen LogP contribution in [-0.2, 0) is 17.9 Å². The average molecular weight is 410 g/mol. The van der Waals surface area contributed by atoms with Crippen LogP contribution in [0.1, 0.15) is 35.2 Å². The zero-order valence-corrected chi connectivity index (χ0v) is 16.7. The van der Waals surface area contributed by atoms with Crippen molar-refractivity contribution in [1.29, 1.82) is 0 Å². The number of esters is 1. The quantitative estimate of drug-likeness (QED) is 0.469. The van der Waals surface area contributed by atoms with E-state index in [1.54, 1.807) is 24.3 Å². The number of fused-ring (bicyclic) bond motifs is 2. The molecule has 0 N–H and O–H groups in total. The van der Waals surface area contributed by atoms with Gasteiger partial charge in [0.05, 0.1) is 11.1 Å². The number of ether oxygens (including phenoxy) is 1. The predicted octanol–water partition coefficient (Wildman–Crippen LogP) is 2.54. The molecular formula is C20H18N4O4S. The van der Waals surface area contributed by atoms with Crippen molar-refractivity contribution in [2.24, 2.45) is 0 Å². The van der Waals surface area contributed by atoms with E-state index in [1.165, 1.54) is 26.5 Å². The molecule has 9 heteroatoms. The van der Waals surface area contributed by atoms with E-state index in [1.807, 2.05) is 19.2 Å². The number of carbonyl (C=O) groups excluding carboxylic acids is 1. The Kier molecular flexibility index (Phi) is 4.98. The Balaban J connectivity index is 1.67. The third-order valence-corrected chi connectivity index (χ3v) is 5.42. The Labute approximate surface area is 169 Å². The summed E-state index contributed by atoms with van der Waals surface area (Å²) in [6, 6.07) is 8.16. The molecule has 0 aliphatic carbocycles. The number of carbonyl (C=O) groups is 1. The maximum absolute atomic E-state index is 12.7. The number of aromatic nitrogens is 4. The molecule has 0 atom stereocenters. The van der Waals surface area contributed by atoms with Crippen molar-refractivity contribution in [3.05, 3.63) is 73.5 Å². The minimum atomic E-state index is -0.671. The predicted molar refractivity (Wildman–Crippen MR) is 109 cm³/mol. The van der Waals surface area contributed by atoms with Gasteiger partial charge in [0.2, 0.25) is 0 Å². The fraction of sp³-hybridized carbons (Fsp3) is 0.250. The number of nitrogens with zero attached hydrogens (tertiary/aromatic N) is 4. The molecule has 0 bridgehead atoms. The van der Waals surface area contributed by atoms with E-state index in [0.29, 0.717) is 34.4 Å². The van der Waals surface area contributed by atoms with Crippen LogP contribution in [0.5, 0.6) is 0 Å². The molecule has 0 amide bonds. The Hall–Kier alpha value is -3.33. The lowest BCUT2D eigenvalue weighted by atomic mass is 10.1. The first kappa shape index (κ1) is 19.0. The van der Waals surface area contributed by atoms with Crippen LogP contribution in [0.15, 0.2) is 45.3 Å². The molecule has 4 aromatic rings. The molecule has 0 aliphatic heterocycles. The Morgan fingerprint density at radius 3 is 2.72 bits per heavy atom. The first-order valence-electron chi connectivity index (χ1n) is 9.13. The number of rotatable bonds is 5. The molecule has 8 nitrogen and oxygen atoms in total. The SMILES string of the molecule is CCCn1nc(C(=O)OCc2cc(=O)n3c(C)csc3n2)c2ccccc2c1=O. The van der Waals surface area contributed by atoms with Crippen LogP contribution in [0, 0.1) is 6.92 Å². The van der Waals surface area contributed by atoms with Gasteiger partial charge in [-0.1, -0.05) is 25.1 Å². The Morgan fingerprint density at radius 1 is 1.21 bits per heavy atom. The van der Waals surface area contributed by atoms with Gasteiger partial charge in [-0.3, -0.25) is 14.0 Å². The van der Waals surface area contributed by atoms with Gasteiger partial charge in [0, 0.05) is 29.1 Å². The summed E-state index contributed by atoms with van der Waals surface area (Å²) in [5.74, 6) is -0.671. The van der Waals surface area contributed by atoms with E-state index >= 15 is 0 Å². The third kappa shape index (κ3) is 3.44.